The van der Waals surface area contributed by atoms with Crippen LogP contribution >= 0.6 is 0 Å². The van der Waals surface area contributed by atoms with Crippen molar-refractivity contribution in [2.75, 3.05) is 0 Å². The first kappa shape index (κ1) is 21.5. The Balaban J connectivity index is 1.73. The molecule has 1 aliphatic heterocycles. The summed E-state index contributed by atoms with van der Waals surface area (Å²) in [5.74, 6) is -0.0551. The van der Waals surface area contributed by atoms with Gasteiger partial charge in [0.25, 0.3) is 0 Å². The Morgan fingerprint density at radius 1 is 1.12 bits per heavy atom. The zero-order chi connectivity index (χ0) is 22.7. The van der Waals surface area contributed by atoms with E-state index in [-0.39, 0.29) is 23.6 Å². The third-order valence-electron chi connectivity index (χ3n) is 5.43. The van der Waals surface area contributed by atoms with Crippen LogP contribution in [0, 0.1) is 23.1 Å². The van der Waals surface area contributed by atoms with E-state index in [1.807, 2.05) is 56.3 Å². The van der Waals surface area contributed by atoms with Crippen LogP contribution in [0.3, 0.4) is 0 Å². The molecule has 3 aromatic rings. The third kappa shape index (κ3) is 4.60. The van der Waals surface area contributed by atoms with Crippen LogP contribution in [-0.2, 0) is 4.84 Å². The van der Waals surface area contributed by atoms with Crippen LogP contribution in [0.15, 0.2) is 71.9 Å². The van der Waals surface area contributed by atoms with Gasteiger partial charge >= 0.3 is 0 Å². The molecule has 1 aliphatic rings. The number of nitrogens with zero attached hydrogens (tertiary/aromatic N) is 2. The fourth-order valence-corrected chi connectivity index (χ4v) is 3.87. The summed E-state index contributed by atoms with van der Waals surface area (Å²) < 4.78 is 13.6. The second kappa shape index (κ2) is 9.15. The molecule has 1 heterocycles. The second-order valence-corrected chi connectivity index (χ2v) is 8.37. The average Bonchev–Trinajstić information content (AvgIpc) is 3.29. The Morgan fingerprint density at radius 2 is 1.91 bits per heavy atom. The molecule has 32 heavy (non-hydrogen) atoms. The Morgan fingerprint density at radius 3 is 2.66 bits per heavy atom. The van der Waals surface area contributed by atoms with Crippen LogP contribution in [0.5, 0.6) is 0 Å². The van der Waals surface area contributed by atoms with Crippen LogP contribution in [0.2, 0.25) is 0 Å². The number of ketones is 1. The van der Waals surface area contributed by atoms with Gasteiger partial charge in [-0.1, -0.05) is 49.3 Å². The second-order valence-electron chi connectivity index (χ2n) is 8.37. The summed E-state index contributed by atoms with van der Waals surface area (Å²) in [5.41, 5.74) is 4.83. The van der Waals surface area contributed by atoms with Crippen molar-refractivity contribution in [2.45, 2.75) is 32.8 Å². The van der Waals surface area contributed by atoms with E-state index in [1.54, 1.807) is 12.1 Å². The number of nitriles is 1. The summed E-state index contributed by atoms with van der Waals surface area (Å²) in [6, 6.07) is 21.4. The smallest absolute Gasteiger partial charge is 0.163 e. The standard InChI is InChI=1S/C27H23FN2O2/c1-17(2)10-26(31)22-12-20(24-9-4-3-6-19(24)16-29)11-21(13-22)25-15-27(32-30-25)18-7-5-8-23(28)14-18/h3-9,11-14,17,27H,10,15H2,1-2H3. The minimum atomic E-state index is -0.384. The average molecular weight is 426 g/mol. The lowest BCUT2D eigenvalue weighted by molar-refractivity contribution is 0.0855. The van der Waals surface area contributed by atoms with E-state index in [4.69, 9.17) is 4.84 Å². The lowest BCUT2D eigenvalue weighted by atomic mass is 9.91. The topological polar surface area (TPSA) is 62.4 Å². The predicted octanol–water partition coefficient (Wildman–Crippen LogP) is 6.46. The van der Waals surface area contributed by atoms with Gasteiger partial charge in [0, 0.05) is 24.0 Å². The molecular formula is C27H23FN2O2. The highest BCUT2D eigenvalue weighted by atomic mass is 19.1. The minimum absolute atomic E-state index is 0.0405. The van der Waals surface area contributed by atoms with E-state index in [0.717, 1.165) is 16.7 Å². The van der Waals surface area contributed by atoms with Gasteiger partial charge in [-0.2, -0.15) is 5.26 Å². The van der Waals surface area contributed by atoms with Gasteiger partial charge < -0.3 is 4.84 Å². The molecule has 4 nitrogen and oxygen atoms in total. The van der Waals surface area contributed by atoms with Gasteiger partial charge in [-0.3, -0.25) is 4.79 Å². The van der Waals surface area contributed by atoms with E-state index in [2.05, 4.69) is 11.2 Å². The molecule has 1 unspecified atom stereocenters. The Bertz CT molecular complexity index is 1240. The van der Waals surface area contributed by atoms with Crippen molar-refractivity contribution >= 4 is 11.5 Å². The summed E-state index contributed by atoms with van der Waals surface area (Å²) in [5, 5.41) is 13.8. The molecule has 0 radical (unpaired) electrons. The third-order valence-corrected chi connectivity index (χ3v) is 5.43. The summed E-state index contributed by atoms with van der Waals surface area (Å²) in [7, 11) is 0. The molecule has 160 valence electrons. The summed E-state index contributed by atoms with van der Waals surface area (Å²) >= 11 is 0. The summed E-state index contributed by atoms with van der Waals surface area (Å²) in [4.78, 5) is 18.5. The molecule has 3 aromatic carbocycles. The molecule has 0 saturated carbocycles. The van der Waals surface area contributed by atoms with Crippen molar-refractivity contribution in [3.63, 3.8) is 0 Å². The first-order chi connectivity index (χ1) is 15.4. The number of halogens is 1. The highest BCUT2D eigenvalue weighted by Crippen LogP contribution is 2.33. The largest absolute Gasteiger partial charge is 0.387 e. The van der Waals surface area contributed by atoms with Gasteiger partial charge in [0.05, 0.1) is 17.3 Å². The molecule has 0 saturated heterocycles. The fourth-order valence-electron chi connectivity index (χ4n) is 3.87. The molecule has 0 N–H and O–H groups in total. The van der Waals surface area contributed by atoms with Gasteiger partial charge in [-0.05, 0) is 59.0 Å². The number of hydrogen-bond acceptors (Lipinski definition) is 4. The summed E-state index contributed by atoms with van der Waals surface area (Å²) in [6.45, 7) is 4.01. The van der Waals surface area contributed by atoms with E-state index in [0.29, 0.717) is 35.2 Å². The van der Waals surface area contributed by atoms with Crippen LogP contribution in [0.4, 0.5) is 4.39 Å². The van der Waals surface area contributed by atoms with Crippen molar-refractivity contribution in [2.24, 2.45) is 11.1 Å². The lowest BCUT2D eigenvalue weighted by Crippen LogP contribution is -2.07. The molecular weight excluding hydrogens is 403 g/mol. The maximum Gasteiger partial charge on any atom is 0.163 e. The lowest BCUT2D eigenvalue weighted by Gasteiger charge is -2.12. The molecule has 5 heteroatoms. The van der Waals surface area contributed by atoms with E-state index in [9.17, 15) is 14.4 Å². The van der Waals surface area contributed by atoms with Gasteiger partial charge in [-0.15, -0.1) is 0 Å². The molecule has 0 spiro atoms. The van der Waals surface area contributed by atoms with Crippen molar-refractivity contribution in [1.29, 1.82) is 5.26 Å². The molecule has 0 aromatic heterocycles. The highest BCUT2D eigenvalue weighted by Gasteiger charge is 2.25. The van der Waals surface area contributed by atoms with E-state index in [1.165, 1.54) is 12.1 Å². The molecule has 0 amide bonds. The van der Waals surface area contributed by atoms with Crippen molar-refractivity contribution < 1.29 is 14.0 Å². The van der Waals surface area contributed by atoms with Gasteiger partial charge in [0.2, 0.25) is 0 Å². The highest BCUT2D eigenvalue weighted by molar-refractivity contribution is 6.06. The van der Waals surface area contributed by atoms with E-state index < -0.39 is 0 Å². The Labute approximate surface area is 187 Å². The molecule has 1 atom stereocenters. The van der Waals surface area contributed by atoms with Gasteiger partial charge in [0.15, 0.2) is 11.9 Å². The number of rotatable bonds is 6. The molecule has 0 bridgehead atoms. The normalized spacial score (nSPS) is 15.2. The fraction of sp³-hybridized carbons (Fsp3) is 0.222. The van der Waals surface area contributed by atoms with Crippen LogP contribution in [0.1, 0.15) is 59.8 Å². The maximum atomic E-state index is 13.6. The first-order valence-corrected chi connectivity index (χ1v) is 10.6. The number of Topliss-reactive ketones (excluding diaryl/α,β-unsaturated/α-hetero) is 1. The Hall–Kier alpha value is -3.78. The van der Waals surface area contributed by atoms with Gasteiger partial charge in [-0.25, -0.2) is 4.39 Å². The zero-order valence-electron chi connectivity index (χ0n) is 18.0. The monoisotopic (exact) mass is 426 g/mol. The number of carbonyl (C=O) groups excluding carboxylic acids is 1. The predicted molar refractivity (Wildman–Crippen MR) is 122 cm³/mol. The number of oxime groups is 1. The van der Waals surface area contributed by atoms with E-state index >= 15 is 0 Å². The van der Waals surface area contributed by atoms with Crippen molar-refractivity contribution in [3.05, 3.63) is 94.8 Å². The number of carbonyl (C=O) groups is 1. The molecule has 0 fully saturated rings. The molecule has 0 aliphatic carbocycles. The van der Waals surface area contributed by atoms with Crippen molar-refractivity contribution in [3.8, 4) is 17.2 Å². The SMILES string of the molecule is CC(C)CC(=O)c1cc(C2=NOC(c3cccc(F)c3)C2)cc(-c2ccccc2C#N)c1. The molecule has 4 rings (SSSR count). The maximum absolute atomic E-state index is 13.6. The van der Waals surface area contributed by atoms with Crippen molar-refractivity contribution in [1.82, 2.24) is 0 Å². The quantitative estimate of drug-likeness (QED) is 0.425. The van der Waals surface area contributed by atoms with Crippen LogP contribution in [-0.4, -0.2) is 11.5 Å². The number of hydrogen-bond donors (Lipinski definition) is 0. The van der Waals surface area contributed by atoms with Crippen LogP contribution in [0.25, 0.3) is 11.1 Å². The Kier molecular flexibility index (Phi) is 6.13. The van der Waals surface area contributed by atoms with Gasteiger partial charge in [0.1, 0.15) is 5.82 Å². The number of benzene rings is 3. The first-order valence-electron chi connectivity index (χ1n) is 10.6. The van der Waals surface area contributed by atoms with Crippen LogP contribution < -0.4 is 0 Å². The minimum Gasteiger partial charge on any atom is -0.387 e. The summed E-state index contributed by atoms with van der Waals surface area (Å²) in [6.07, 6.45) is 0.507. The zero-order valence-corrected chi connectivity index (χ0v) is 18.0.